The Kier molecular flexibility index (Phi) is 4.36. The molecule has 7 nitrogen and oxygen atoms in total. The number of nitrogens with one attached hydrogen (secondary N) is 1. The molecule has 0 spiro atoms. The van der Waals surface area contributed by atoms with Crippen LogP contribution in [0.3, 0.4) is 0 Å². The van der Waals surface area contributed by atoms with Gasteiger partial charge in [0, 0.05) is 18.8 Å². The van der Waals surface area contributed by atoms with E-state index in [-0.39, 0.29) is 17.3 Å². The van der Waals surface area contributed by atoms with Crippen molar-refractivity contribution in [3.05, 3.63) is 51.6 Å². The molecule has 0 saturated heterocycles. The highest BCUT2D eigenvalue weighted by atomic mass is 16.5. The summed E-state index contributed by atoms with van der Waals surface area (Å²) in [6, 6.07) is 4.96. The number of rotatable bonds is 5. The minimum Gasteiger partial charge on any atom is -0.480 e. The van der Waals surface area contributed by atoms with Crippen molar-refractivity contribution in [2.45, 2.75) is 25.8 Å². The molecule has 1 amide bonds. The fourth-order valence-corrected chi connectivity index (χ4v) is 2.70. The highest BCUT2D eigenvalue weighted by Gasteiger charge is 2.15. The van der Waals surface area contributed by atoms with Gasteiger partial charge in [0.15, 0.2) is 0 Å². The molecule has 1 aliphatic rings. The Morgan fingerprint density at radius 3 is 3.13 bits per heavy atom. The summed E-state index contributed by atoms with van der Waals surface area (Å²) in [6.07, 6.45) is 4.44. The zero-order chi connectivity index (χ0) is 16.2. The Bertz CT molecular complexity index is 785. The predicted molar refractivity (Wildman–Crippen MR) is 83.6 cm³/mol. The van der Waals surface area contributed by atoms with E-state index in [1.165, 1.54) is 11.8 Å². The highest BCUT2D eigenvalue weighted by molar-refractivity contribution is 5.96. The first kappa shape index (κ1) is 15.2. The van der Waals surface area contributed by atoms with Crippen molar-refractivity contribution in [1.82, 2.24) is 20.1 Å². The molecular formula is C16H18N4O3. The Hall–Kier alpha value is -2.70. The number of hydrogen-bond donors (Lipinski definition) is 1. The molecule has 0 saturated carbocycles. The van der Waals surface area contributed by atoms with Crippen LogP contribution in [0.1, 0.15) is 28.0 Å². The first-order valence-corrected chi connectivity index (χ1v) is 7.56. The summed E-state index contributed by atoms with van der Waals surface area (Å²) in [4.78, 5) is 28.1. The number of carbonyl (C=O) groups is 1. The summed E-state index contributed by atoms with van der Waals surface area (Å²) >= 11 is 0. The Morgan fingerprint density at radius 2 is 2.30 bits per heavy atom. The van der Waals surface area contributed by atoms with E-state index >= 15 is 0 Å². The zero-order valence-electron chi connectivity index (χ0n) is 12.9. The van der Waals surface area contributed by atoms with Gasteiger partial charge in [0.05, 0.1) is 19.3 Å². The molecule has 0 radical (unpaired) electrons. The molecule has 0 aromatic carbocycles. The minimum atomic E-state index is -0.288. The van der Waals surface area contributed by atoms with Crippen LogP contribution < -0.4 is 15.6 Å². The minimum absolute atomic E-state index is 0.126. The van der Waals surface area contributed by atoms with Gasteiger partial charge in [-0.3, -0.25) is 9.59 Å². The van der Waals surface area contributed by atoms with E-state index in [4.69, 9.17) is 4.74 Å². The molecule has 1 aliphatic carbocycles. The number of carbonyl (C=O) groups excluding carboxylic acids is 1. The van der Waals surface area contributed by atoms with Gasteiger partial charge in [0.25, 0.3) is 11.5 Å². The lowest BCUT2D eigenvalue weighted by molar-refractivity contribution is 0.0948. The first-order chi connectivity index (χ1) is 11.2. The summed E-state index contributed by atoms with van der Waals surface area (Å²) in [7, 11) is 1.47. The van der Waals surface area contributed by atoms with E-state index < -0.39 is 0 Å². The van der Waals surface area contributed by atoms with Gasteiger partial charge < -0.3 is 10.1 Å². The molecule has 2 heterocycles. The number of aromatic nitrogens is 3. The lowest BCUT2D eigenvalue weighted by Crippen LogP contribution is -2.32. The van der Waals surface area contributed by atoms with E-state index in [1.54, 1.807) is 24.4 Å². The fraction of sp³-hybridized carbons (Fsp3) is 0.375. The van der Waals surface area contributed by atoms with Crippen molar-refractivity contribution in [1.29, 1.82) is 0 Å². The van der Waals surface area contributed by atoms with Gasteiger partial charge in [-0.2, -0.15) is 5.10 Å². The number of methoxy groups -OCH3 is 1. The maximum Gasteiger partial charge on any atom is 0.267 e. The third kappa shape index (κ3) is 3.23. The fourth-order valence-electron chi connectivity index (χ4n) is 2.70. The molecule has 0 aliphatic heterocycles. The molecule has 0 fully saturated rings. The van der Waals surface area contributed by atoms with Gasteiger partial charge in [-0.15, -0.1) is 0 Å². The lowest BCUT2D eigenvalue weighted by atomic mass is 10.2. The van der Waals surface area contributed by atoms with Crippen LogP contribution in [0.15, 0.2) is 29.2 Å². The Labute approximate surface area is 133 Å². The van der Waals surface area contributed by atoms with Crippen molar-refractivity contribution >= 4 is 5.91 Å². The van der Waals surface area contributed by atoms with Crippen molar-refractivity contribution in [3.63, 3.8) is 0 Å². The van der Waals surface area contributed by atoms with Crippen LogP contribution in [0.4, 0.5) is 0 Å². The average molecular weight is 314 g/mol. The van der Waals surface area contributed by atoms with Crippen LogP contribution in [-0.4, -0.2) is 34.3 Å². The molecule has 3 rings (SSSR count). The monoisotopic (exact) mass is 314 g/mol. The third-order valence-electron chi connectivity index (χ3n) is 3.84. The van der Waals surface area contributed by atoms with Gasteiger partial charge in [-0.1, -0.05) is 0 Å². The van der Waals surface area contributed by atoms with Crippen molar-refractivity contribution in [2.75, 3.05) is 13.7 Å². The van der Waals surface area contributed by atoms with Crippen molar-refractivity contribution in [3.8, 4) is 5.88 Å². The predicted octanol–water partition coefficient (Wildman–Crippen LogP) is 0.566. The summed E-state index contributed by atoms with van der Waals surface area (Å²) < 4.78 is 6.47. The second kappa shape index (κ2) is 6.60. The van der Waals surface area contributed by atoms with E-state index in [2.05, 4.69) is 15.4 Å². The lowest BCUT2D eigenvalue weighted by Gasteiger charge is -2.09. The Balaban J connectivity index is 1.64. The van der Waals surface area contributed by atoms with E-state index in [0.717, 1.165) is 30.5 Å². The van der Waals surface area contributed by atoms with Gasteiger partial charge in [-0.05, 0) is 37.0 Å². The maximum atomic E-state index is 12.1. The van der Waals surface area contributed by atoms with Crippen LogP contribution in [0.2, 0.25) is 0 Å². The van der Waals surface area contributed by atoms with E-state index in [0.29, 0.717) is 18.7 Å². The van der Waals surface area contributed by atoms with Crippen molar-refractivity contribution < 1.29 is 9.53 Å². The molecule has 0 bridgehead atoms. The first-order valence-electron chi connectivity index (χ1n) is 7.56. The second-order valence-electron chi connectivity index (χ2n) is 5.35. The van der Waals surface area contributed by atoms with Crippen molar-refractivity contribution in [2.24, 2.45) is 0 Å². The topological polar surface area (TPSA) is 86.1 Å². The largest absolute Gasteiger partial charge is 0.480 e. The number of pyridine rings is 1. The summed E-state index contributed by atoms with van der Waals surface area (Å²) in [5, 5.41) is 7.13. The number of amides is 1. The van der Waals surface area contributed by atoms with E-state index in [1.807, 2.05) is 0 Å². The van der Waals surface area contributed by atoms with Gasteiger partial charge in [-0.25, -0.2) is 9.67 Å². The molecule has 1 N–H and O–H groups in total. The summed E-state index contributed by atoms with van der Waals surface area (Å²) in [6.45, 7) is 0.642. The Morgan fingerprint density at radius 1 is 1.43 bits per heavy atom. The number of aryl methyl sites for hydroxylation is 2. The molecule has 7 heteroatoms. The number of fused-ring (bicyclic) bond motifs is 1. The summed E-state index contributed by atoms with van der Waals surface area (Å²) in [5.41, 5.74) is 2.28. The molecule has 2 aromatic rings. The van der Waals surface area contributed by atoms with Crippen LogP contribution in [0.25, 0.3) is 0 Å². The molecule has 0 atom stereocenters. The maximum absolute atomic E-state index is 12.1. The van der Waals surface area contributed by atoms with Crippen LogP contribution in [0, 0.1) is 0 Å². The number of ether oxygens (including phenoxy) is 1. The highest BCUT2D eigenvalue weighted by Crippen LogP contribution is 2.17. The number of hydrogen-bond acceptors (Lipinski definition) is 5. The second-order valence-corrected chi connectivity index (χ2v) is 5.35. The van der Waals surface area contributed by atoms with Gasteiger partial charge >= 0.3 is 0 Å². The molecule has 120 valence electrons. The van der Waals surface area contributed by atoms with Gasteiger partial charge in [0.2, 0.25) is 5.88 Å². The molecular weight excluding hydrogens is 296 g/mol. The van der Waals surface area contributed by atoms with Crippen LogP contribution >= 0.6 is 0 Å². The SMILES string of the molecule is COc1ncccc1C(=O)NCCn1nc2c(cc1=O)CCC2. The number of nitrogens with zero attached hydrogens (tertiary/aromatic N) is 3. The molecule has 0 unspecified atom stereocenters. The van der Waals surface area contributed by atoms with E-state index in [9.17, 15) is 9.59 Å². The van der Waals surface area contributed by atoms with Gasteiger partial charge in [0.1, 0.15) is 5.56 Å². The average Bonchev–Trinajstić information content (AvgIpc) is 3.01. The third-order valence-corrected chi connectivity index (χ3v) is 3.84. The quantitative estimate of drug-likeness (QED) is 0.872. The normalized spacial score (nSPS) is 12.7. The molecule has 23 heavy (non-hydrogen) atoms. The van der Waals surface area contributed by atoms with Crippen LogP contribution in [0.5, 0.6) is 5.88 Å². The van der Waals surface area contributed by atoms with Crippen LogP contribution in [-0.2, 0) is 19.4 Å². The standard InChI is InChI=1S/C16H18N4O3/c1-23-16-12(5-3-7-18-16)15(22)17-8-9-20-14(21)10-11-4-2-6-13(11)19-20/h3,5,7,10H,2,4,6,8-9H2,1H3,(H,17,22). The zero-order valence-corrected chi connectivity index (χ0v) is 12.9. The summed E-state index contributed by atoms with van der Waals surface area (Å²) in [5.74, 6) is -0.0121. The molecule has 2 aromatic heterocycles. The smallest absolute Gasteiger partial charge is 0.267 e.